The summed E-state index contributed by atoms with van der Waals surface area (Å²) in [7, 11) is 0. The van der Waals surface area contributed by atoms with Gasteiger partial charge in [0.25, 0.3) is 0 Å². The lowest BCUT2D eigenvalue weighted by Gasteiger charge is -2.34. The first kappa shape index (κ1) is 27.9. The molecule has 9 rings (SSSR count). The molecule has 47 heavy (non-hydrogen) atoms. The van der Waals surface area contributed by atoms with Gasteiger partial charge in [-0.25, -0.2) is 0 Å². The predicted molar refractivity (Wildman–Crippen MR) is 199 cm³/mol. The van der Waals surface area contributed by atoms with Crippen LogP contribution in [0, 0.1) is 6.92 Å². The summed E-state index contributed by atoms with van der Waals surface area (Å²) in [6, 6.07) is 52.5. The number of allylic oxidation sites excluding steroid dienone is 3. The number of anilines is 3. The first-order valence-electron chi connectivity index (χ1n) is 17.0. The summed E-state index contributed by atoms with van der Waals surface area (Å²) >= 11 is 0. The molecule has 0 amide bonds. The van der Waals surface area contributed by atoms with Gasteiger partial charge in [0.2, 0.25) is 0 Å². The van der Waals surface area contributed by atoms with Crippen LogP contribution in [0.4, 0.5) is 17.1 Å². The topological polar surface area (TPSA) is 3.24 Å². The fourth-order valence-electron chi connectivity index (χ4n) is 8.60. The van der Waals surface area contributed by atoms with E-state index in [9.17, 15) is 0 Å². The van der Waals surface area contributed by atoms with Crippen molar-refractivity contribution in [2.24, 2.45) is 0 Å². The van der Waals surface area contributed by atoms with Gasteiger partial charge in [0.15, 0.2) is 0 Å². The van der Waals surface area contributed by atoms with Gasteiger partial charge in [0, 0.05) is 17.1 Å². The second-order valence-electron chi connectivity index (χ2n) is 13.2. The highest BCUT2D eigenvalue weighted by molar-refractivity contribution is 6.10. The van der Waals surface area contributed by atoms with Crippen molar-refractivity contribution in [2.45, 2.75) is 38.5 Å². The van der Waals surface area contributed by atoms with Crippen molar-refractivity contribution in [2.75, 3.05) is 4.90 Å². The van der Waals surface area contributed by atoms with Gasteiger partial charge in [-0.15, -0.1) is 0 Å². The molecule has 0 radical (unpaired) electrons. The number of rotatable bonds is 6. The first-order valence-corrected chi connectivity index (χ1v) is 17.0. The summed E-state index contributed by atoms with van der Waals surface area (Å²) in [6.45, 7) is 4.55. The third kappa shape index (κ3) is 4.09. The van der Waals surface area contributed by atoms with Crippen molar-refractivity contribution < 1.29 is 0 Å². The monoisotopic (exact) mass is 603 g/mol. The number of para-hydroxylation sites is 1. The Morgan fingerprint density at radius 2 is 1.28 bits per heavy atom. The van der Waals surface area contributed by atoms with Crippen LogP contribution in [0.15, 0.2) is 146 Å². The van der Waals surface area contributed by atoms with Crippen LogP contribution in [0.1, 0.15) is 64.3 Å². The zero-order valence-corrected chi connectivity index (χ0v) is 27.0. The van der Waals surface area contributed by atoms with Gasteiger partial charge in [-0.2, -0.15) is 0 Å². The molecule has 3 aliphatic carbocycles. The molecule has 0 saturated carbocycles. The summed E-state index contributed by atoms with van der Waals surface area (Å²) in [5, 5.41) is 0. The third-order valence-electron chi connectivity index (χ3n) is 10.5. The van der Waals surface area contributed by atoms with E-state index in [1.54, 1.807) is 0 Å². The maximum Gasteiger partial charge on any atom is 0.0728 e. The number of fused-ring (bicyclic) bond motifs is 8. The van der Waals surface area contributed by atoms with Crippen molar-refractivity contribution in [3.63, 3.8) is 0 Å². The molecule has 0 aliphatic heterocycles. The fraction of sp³-hybridized carbons (Fsp3) is 0.130. The highest BCUT2D eigenvalue weighted by Crippen LogP contribution is 2.65. The van der Waals surface area contributed by atoms with E-state index in [2.05, 4.69) is 170 Å². The maximum absolute atomic E-state index is 2.51. The van der Waals surface area contributed by atoms with Crippen LogP contribution < -0.4 is 4.90 Å². The summed E-state index contributed by atoms with van der Waals surface area (Å²) in [4.78, 5) is 2.44. The highest BCUT2D eigenvalue weighted by atomic mass is 15.1. The van der Waals surface area contributed by atoms with E-state index in [0.29, 0.717) is 0 Å². The highest BCUT2D eigenvalue weighted by Gasteiger charge is 2.53. The Hall–Kier alpha value is -5.40. The van der Waals surface area contributed by atoms with E-state index >= 15 is 0 Å². The van der Waals surface area contributed by atoms with Crippen LogP contribution in [0.5, 0.6) is 0 Å². The molecule has 1 heteroatoms. The van der Waals surface area contributed by atoms with Gasteiger partial charge in [0.1, 0.15) is 0 Å². The zero-order chi connectivity index (χ0) is 31.5. The minimum absolute atomic E-state index is 0.418. The normalized spacial score (nSPS) is 16.7. The van der Waals surface area contributed by atoms with Gasteiger partial charge in [-0.3, -0.25) is 0 Å². The number of nitrogens with zero attached hydrogens (tertiary/aromatic N) is 1. The van der Waals surface area contributed by atoms with E-state index in [-0.39, 0.29) is 0 Å². The molecular formula is C46H37N. The Bertz CT molecular complexity index is 2240. The van der Waals surface area contributed by atoms with Crippen molar-refractivity contribution in [3.05, 3.63) is 190 Å². The maximum atomic E-state index is 2.51. The van der Waals surface area contributed by atoms with Crippen LogP contribution in [-0.2, 0) is 11.8 Å². The summed E-state index contributed by atoms with van der Waals surface area (Å²) in [5.41, 5.74) is 19.6. The molecule has 3 aliphatic rings. The zero-order valence-electron chi connectivity index (χ0n) is 27.0. The van der Waals surface area contributed by atoms with Crippen LogP contribution in [0.2, 0.25) is 0 Å². The van der Waals surface area contributed by atoms with Crippen LogP contribution in [0.3, 0.4) is 0 Å². The lowest BCUT2D eigenvalue weighted by Crippen LogP contribution is -2.27. The average Bonchev–Trinajstić information content (AvgIpc) is 3.78. The van der Waals surface area contributed by atoms with Gasteiger partial charge in [0.05, 0.1) is 5.41 Å². The molecule has 1 atom stereocenters. The van der Waals surface area contributed by atoms with Gasteiger partial charge >= 0.3 is 0 Å². The third-order valence-corrected chi connectivity index (χ3v) is 10.5. The van der Waals surface area contributed by atoms with Crippen LogP contribution in [-0.4, -0.2) is 0 Å². The van der Waals surface area contributed by atoms with E-state index in [1.807, 2.05) is 0 Å². The summed E-state index contributed by atoms with van der Waals surface area (Å²) < 4.78 is 0. The second-order valence-corrected chi connectivity index (χ2v) is 13.2. The molecule has 1 unspecified atom stereocenters. The first-order chi connectivity index (χ1) is 23.2. The minimum atomic E-state index is -0.418. The van der Waals surface area contributed by atoms with E-state index < -0.39 is 5.41 Å². The molecule has 0 heterocycles. The van der Waals surface area contributed by atoms with Crippen molar-refractivity contribution in [1.29, 1.82) is 0 Å². The smallest absolute Gasteiger partial charge is 0.0728 e. The molecule has 6 aromatic rings. The van der Waals surface area contributed by atoms with Crippen LogP contribution >= 0.6 is 0 Å². The Kier molecular flexibility index (Phi) is 6.43. The molecule has 1 spiro atoms. The molecule has 0 N–H and O–H groups in total. The van der Waals surface area contributed by atoms with Crippen molar-refractivity contribution in [3.8, 4) is 11.1 Å². The number of aryl methyl sites for hydroxylation is 1. The Balaban J connectivity index is 1.37. The molecule has 226 valence electrons. The van der Waals surface area contributed by atoms with Gasteiger partial charge < -0.3 is 4.90 Å². The van der Waals surface area contributed by atoms with Gasteiger partial charge in [-0.05, 0) is 117 Å². The average molecular weight is 604 g/mol. The van der Waals surface area contributed by atoms with Crippen molar-refractivity contribution in [1.82, 2.24) is 0 Å². The predicted octanol–water partition coefficient (Wildman–Crippen LogP) is 12.1. The molecular weight excluding hydrogens is 567 g/mol. The Morgan fingerprint density at radius 3 is 2.11 bits per heavy atom. The molecule has 0 fully saturated rings. The molecule has 1 nitrogen and oxygen atoms in total. The number of hydrogen-bond donors (Lipinski definition) is 0. The molecule has 6 aromatic carbocycles. The number of benzene rings is 6. The quantitative estimate of drug-likeness (QED) is 0.183. The van der Waals surface area contributed by atoms with E-state index in [0.717, 1.165) is 24.9 Å². The van der Waals surface area contributed by atoms with Crippen molar-refractivity contribution >= 4 is 34.3 Å². The summed E-state index contributed by atoms with van der Waals surface area (Å²) in [6.07, 6.45) is 7.67. The molecule has 0 aromatic heterocycles. The minimum Gasteiger partial charge on any atom is -0.310 e. The largest absolute Gasteiger partial charge is 0.310 e. The lowest BCUT2D eigenvalue weighted by atomic mass is 9.67. The fourth-order valence-corrected chi connectivity index (χ4v) is 8.60. The molecule has 0 bridgehead atoms. The summed E-state index contributed by atoms with van der Waals surface area (Å²) in [5.74, 6) is 0. The Labute approximate surface area is 278 Å². The van der Waals surface area contributed by atoms with E-state index in [4.69, 9.17) is 0 Å². The number of hydrogen-bond acceptors (Lipinski definition) is 1. The second kappa shape index (κ2) is 10.9. The molecule has 0 saturated heterocycles. The SMILES string of the molecule is CCCC1=C(c2ccccc2)C2(c3cc(C)ccc31)c1ccccc1-c1ccc(N(c3ccccc3)c3ccc4c(c3)C=CC4)cc12. The lowest BCUT2D eigenvalue weighted by molar-refractivity contribution is 0.839. The standard InChI is InChI=1S/C46H37N/c1-3-13-41-40-26-22-31(2)28-43(40)46(45(41)33-14-6-4-7-15-33)42-21-11-10-20-38(42)39-27-25-37(30-44(39)46)47(35-18-8-5-9-19-35)36-24-23-32-16-12-17-34(32)29-36/h4-12,14-15,17-30H,3,13,16H2,1-2H3. The van der Waals surface area contributed by atoms with E-state index in [1.165, 1.54) is 78.2 Å². The van der Waals surface area contributed by atoms with Crippen LogP contribution in [0.25, 0.3) is 28.3 Å². The van der Waals surface area contributed by atoms with Gasteiger partial charge in [-0.1, -0.05) is 134 Å². The Morgan fingerprint density at radius 1 is 0.596 bits per heavy atom.